The highest BCUT2D eigenvalue weighted by Gasteiger charge is 2.30. The smallest absolute Gasteiger partial charge is 0.306 e. The van der Waals surface area contributed by atoms with E-state index in [4.69, 9.17) is 5.26 Å². The fourth-order valence-electron chi connectivity index (χ4n) is 1.89. The molecule has 0 unspecified atom stereocenters. The van der Waals surface area contributed by atoms with Crippen LogP contribution >= 0.6 is 0 Å². The quantitative estimate of drug-likeness (QED) is 0.645. The summed E-state index contributed by atoms with van der Waals surface area (Å²) >= 11 is 0. The number of nitrogens with one attached hydrogen (secondary N) is 1. The van der Waals surface area contributed by atoms with Crippen LogP contribution in [0.1, 0.15) is 5.56 Å². The molecule has 2 aromatic rings. The highest BCUT2D eigenvalue weighted by atomic mass is 16.6. The van der Waals surface area contributed by atoms with Gasteiger partial charge in [0, 0.05) is 5.69 Å². The maximum atomic E-state index is 11.1. The molecule has 0 saturated carbocycles. The molecule has 11 nitrogen and oxygen atoms in total. The van der Waals surface area contributed by atoms with Gasteiger partial charge in [-0.2, -0.15) is 5.26 Å². The molecule has 24 heavy (non-hydrogen) atoms. The molecule has 0 atom stereocenters. The molecule has 11 heteroatoms. The Morgan fingerprint density at radius 3 is 1.75 bits per heavy atom. The number of benzene rings is 2. The normalized spacial score (nSPS) is 9.79. The van der Waals surface area contributed by atoms with Gasteiger partial charge in [-0.1, -0.05) is 0 Å². The van der Waals surface area contributed by atoms with Crippen LogP contribution in [0.4, 0.5) is 28.4 Å². The largest absolute Gasteiger partial charge is 0.344 e. The van der Waals surface area contributed by atoms with E-state index in [0.29, 0.717) is 17.7 Å². The second-order valence-corrected chi connectivity index (χ2v) is 4.44. The molecule has 0 amide bonds. The van der Waals surface area contributed by atoms with Crippen molar-refractivity contribution in [2.75, 3.05) is 5.32 Å². The monoisotopic (exact) mass is 329 g/mol. The van der Waals surface area contributed by atoms with Crippen molar-refractivity contribution in [1.29, 1.82) is 5.26 Å². The van der Waals surface area contributed by atoms with Gasteiger partial charge >= 0.3 is 11.4 Å². The first-order valence-corrected chi connectivity index (χ1v) is 6.22. The number of nitro benzene ring substituents is 3. The number of hydrogen-bond acceptors (Lipinski definition) is 8. The molecule has 2 rings (SSSR count). The molecule has 120 valence electrons. The number of hydrogen-bond donors (Lipinski definition) is 1. The van der Waals surface area contributed by atoms with E-state index in [2.05, 4.69) is 5.32 Å². The number of rotatable bonds is 5. The number of nitrogens with zero attached hydrogens (tertiary/aromatic N) is 4. The summed E-state index contributed by atoms with van der Waals surface area (Å²) in [7, 11) is 0. The fourth-order valence-corrected chi connectivity index (χ4v) is 1.89. The summed E-state index contributed by atoms with van der Waals surface area (Å²) in [5, 5.41) is 44.3. The molecule has 2 aromatic carbocycles. The molecule has 0 fully saturated rings. The molecule has 0 bridgehead atoms. The van der Waals surface area contributed by atoms with Crippen LogP contribution in [0.5, 0.6) is 0 Å². The lowest BCUT2D eigenvalue weighted by Gasteiger charge is -2.08. The lowest BCUT2D eigenvalue weighted by molar-refractivity contribution is -0.401. The molecular formula is C13H7N5O6. The molecular weight excluding hydrogens is 322 g/mol. The summed E-state index contributed by atoms with van der Waals surface area (Å²) in [4.78, 5) is 30.2. The van der Waals surface area contributed by atoms with E-state index in [0.717, 1.165) is 0 Å². The van der Waals surface area contributed by atoms with E-state index in [-0.39, 0.29) is 5.69 Å². The molecule has 0 heterocycles. The van der Waals surface area contributed by atoms with Gasteiger partial charge in [-0.3, -0.25) is 30.3 Å². The van der Waals surface area contributed by atoms with Gasteiger partial charge < -0.3 is 5.32 Å². The Labute approximate surface area is 133 Å². The van der Waals surface area contributed by atoms with E-state index >= 15 is 0 Å². The van der Waals surface area contributed by atoms with Crippen molar-refractivity contribution in [3.63, 3.8) is 0 Å². The first-order chi connectivity index (χ1) is 11.3. The predicted molar refractivity (Wildman–Crippen MR) is 80.8 cm³/mol. The standard InChI is InChI=1S/C13H7N5O6/c14-7-8-1-3-9(4-2-8)15-13-11(17(21)22)5-10(16(19)20)6-12(13)18(23)24/h1-6,15H. The van der Waals surface area contributed by atoms with Crippen LogP contribution in [0.2, 0.25) is 0 Å². The summed E-state index contributed by atoms with van der Waals surface area (Å²) in [6.45, 7) is 0. The van der Waals surface area contributed by atoms with Crippen LogP contribution in [-0.2, 0) is 0 Å². The SMILES string of the molecule is N#Cc1ccc(Nc2c([N+](=O)[O-])cc([N+](=O)[O-])cc2[N+](=O)[O-])cc1. The van der Waals surface area contributed by atoms with Gasteiger partial charge in [0.2, 0.25) is 0 Å². The average molecular weight is 329 g/mol. The van der Waals surface area contributed by atoms with Gasteiger partial charge in [0.05, 0.1) is 38.5 Å². The maximum absolute atomic E-state index is 11.1. The van der Waals surface area contributed by atoms with Crippen LogP contribution in [0.15, 0.2) is 36.4 Å². The summed E-state index contributed by atoms with van der Waals surface area (Å²) in [5.41, 5.74) is -2.29. The number of non-ortho nitro benzene ring substituents is 1. The summed E-state index contributed by atoms with van der Waals surface area (Å²) in [5.74, 6) is 0. The Morgan fingerprint density at radius 2 is 1.38 bits per heavy atom. The third-order valence-corrected chi connectivity index (χ3v) is 2.97. The first kappa shape index (κ1) is 16.3. The Bertz CT molecular complexity index is 852. The fraction of sp³-hybridized carbons (Fsp3) is 0. The molecule has 0 saturated heterocycles. The Hall–Kier alpha value is -4.07. The number of anilines is 2. The van der Waals surface area contributed by atoms with Gasteiger partial charge in [0.1, 0.15) is 0 Å². The van der Waals surface area contributed by atoms with Crippen molar-refractivity contribution in [3.8, 4) is 6.07 Å². The Morgan fingerprint density at radius 1 is 0.875 bits per heavy atom. The lowest BCUT2D eigenvalue weighted by Crippen LogP contribution is -2.03. The van der Waals surface area contributed by atoms with Crippen LogP contribution in [0, 0.1) is 41.7 Å². The van der Waals surface area contributed by atoms with E-state index in [1.165, 1.54) is 24.3 Å². The number of nitro groups is 3. The van der Waals surface area contributed by atoms with E-state index < -0.39 is 37.5 Å². The highest BCUT2D eigenvalue weighted by Crippen LogP contribution is 2.39. The summed E-state index contributed by atoms with van der Waals surface area (Å²) in [6.07, 6.45) is 0. The Kier molecular flexibility index (Phi) is 4.32. The molecule has 0 aromatic heterocycles. The molecule has 0 aliphatic carbocycles. The average Bonchev–Trinajstić information content (AvgIpc) is 2.54. The van der Waals surface area contributed by atoms with Crippen molar-refractivity contribution >= 4 is 28.4 Å². The second kappa shape index (κ2) is 6.36. The zero-order valence-electron chi connectivity index (χ0n) is 11.7. The van der Waals surface area contributed by atoms with Gasteiger partial charge in [-0.05, 0) is 24.3 Å². The zero-order valence-corrected chi connectivity index (χ0v) is 11.7. The minimum Gasteiger partial charge on any atom is -0.344 e. The minimum atomic E-state index is -0.953. The third-order valence-electron chi connectivity index (χ3n) is 2.97. The van der Waals surface area contributed by atoms with Crippen molar-refractivity contribution in [2.24, 2.45) is 0 Å². The van der Waals surface area contributed by atoms with E-state index in [1.54, 1.807) is 0 Å². The highest BCUT2D eigenvalue weighted by molar-refractivity contribution is 5.81. The van der Waals surface area contributed by atoms with Crippen molar-refractivity contribution in [1.82, 2.24) is 0 Å². The van der Waals surface area contributed by atoms with Crippen LogP contribution in [0.3, 0.4) is 0 Å². The van der Waals surface area contributed by atoms with Crippen LogP contribution in [-0.4, -0.2) is 14.8 Å². The van der Waals surface area contributed by atoms with Crippen LogP contribution < -0.4 is 5.32 Å². The van der Waals surface area contributed by atoms with Crippen molar-refractivity contribution in [3.05, 3.63) is 72.3 Å². The third kappa shape index (κ3) is 3.22. The van der Waals surface area contributed by atoms with Crippen molar-refractivity contribution in [2.45, 2.75) is 0 Å². The van der Waals surface area contributed by atoms with Crippen LogP contribution in [0.25, 0.3) is 0 Å². The van der Waals surface area contributed by atoms with Gasteiger partial charge in [-0.25, -0.2) is 0 Å². The predicted octanol–water partition coefficient (Wildman–Crippen LogP) is 3.03. The minimum absolute atomic E-state index is 0.244. The number of nitriles is 1. The topological polar surface area (TPSA) is 165 Å². The molecule has 0 aliphatic heterocycles. The zero-order chi connectivity index (χ0) is 17.9. The summed E-state index contributed by atoms with van der Waals surface area (Å²) in [6, 6.07) is 8.76. The molecule has 0 spiro atoms. The second-order valence-electron chi connectivity index (χ2n) is 4.44. The molecule has 1 N–H and O–H groups in total. The van der Waals surface area contributed by atoms with E-state index in [1.807, 2.05) is 6.07 Å². The van der Waals surface area contributed by atoms with Gasteiger partial charge in [0.15, 0.2) is 5.69 Å². The lowest BCUT2D eigenvalue weighted by atomic mass is 10.1. The molecule has 0 aliphatic rings. The Balaban J connectivity index is 2.61. The van der Waals surface area contributed by atoms with E-state index in [9.17, 15) is 30.3 Å². The van der Waals surface area contributed by atoms with Gasteiger partial charge in [-0.15, -0.1) is 0 Å². The first-order valence-electron chi connectivity index (χ1n) is 6.22. The summed E-state index contributed by atoms with van der Waals surface area (Å²) < 4.78 is 0. The molecule has 0 radical (unpaired) electrons. The maximum Gasteiger partial charge on any atom is 0.306 e. The van der Waals surface area contributed by atoms with Gasteiger partial charge in [0.25, 0.3) is 5.69 Å². The van der Waals surface area contributed by atoms with Crippen molar-refractivity contribution < 1.29 is 14.8 Å².